The van der Waals surface area contributed by atoms with Gasteiger partial charge in [0.05, 0.1) is 25.4 Å². The molecule has 0 aliphatic rings. The van der Waals surface area contributed by atoms with Crippen molar-refractivity contribution in [2.24, 2.45) is 0 Å². The van der Waals surface area contributed by atoms with Gasteiger partial charge in [0.25, 0.3) is 0 Å². The first-order valence-corrected chi connectivity index (χ1v) is 38.4. The molecule has 0 saturated heterocycles. The Morgan fingerprint density at radius 3 is 0.855 bits per heavy atom. The van der Waals surface area contributed by atoms with E-state index < -0.39 is 12.1 Å². The molecule has 2 atom stereocenters. The molecular weight excluding hydrogens is 1020 g/mol. The molecule has 1 amide bonds. The van der Waals surface area contributed by atoms with Crippen molar-refractivity contribution in [3.63, 3.8) is 0 Å². The summed E-state index contributed by atoms with van der Waals surface area (Å²) in [5.74, 6) is -0.00944. The summed E-state index contributed by atoms with van der Waals surface area (Å²) < 4.78 is 5.50. The number of aliphatic hydroxyl groups is 2. The Morgan fingerprint density at radius 1 is 0.325 bits per heavy atom. The molecule has 0 aromatic carbocycles. The van der Waals surface area contributed by atoms with Gasteiger partial charge < -0.3 is 20.3 Å². The molecule has 0 saturated carbocycles. The number of ether oxygens (including phenoxy) is 1. The van der Waals surface area contributed by atoms with Gasteiger partial charge in [0.15, 0.2) is 0 Å². The molecule has 0 spiro atoms. The number of rotatable bonds is 73. The summed E-state index contributed by atoms with van der Waals surface area (Å²) in [5, 5.41) is 23.3. The lowest BCUT2D eigenvalue weighted by Crippen LogP contribution is -2.45. The largest absolute Gasteiger partial charge is 0.466 e. The van der Waals surface area contributed by atoms with Gasteiger partial charge in [-0.3, -0.25) is 9.59 Å². The summed E-state index contributed by atoms with van der Waals surface area (Å²) in [6.07, 6.45) is 91.7. The molecule has 0 radical (unpaired) electrons. The molecule has 0 aromatic heterocycles. The van der Waals surface area contributed by atoms with Crippen molar-refractivity contribution in [1.82, 2.24) is 5.32 Å². The van der Waals surface area contributed by atoms with Crippen molar-refractivity contribution < 1.29 is 24.5 Å². The molecule has 83 heavy (non-hydrogen) atoms. The summed E-state index contributed by atoms with van der Waals surface area (Å²) in [5.41, 5.74) is 0. The molecule has 0 bridgehead atoms. The number of allylic oxidation sites excluding steroid dienone is 2. The Kier molecular flexibility index (Phi) is 71.8. The number of nitrogens with one attached hydrogen (secondary N) is 1. The second-order valence-electron chi connectivity index (χ2n) is 26.7. The molecule has 0 heterocycles. The molecule has 3 N–H and O–H groups in total. The highest BCUT2D eigenvalue weighted by Gasteiger charge is 2.20. The van der Waals surface area contributed by atoms with Crippen LogP contribution in [0, 0.1) is 0 Å². The van der Waals surface area contributed by atoms with Crippen LogP contribution in [0.25, 0.3) is 0 Å². The smallest absolute Gasteiger partial charge is 0.305 e. The van der Waals surface area contributed by atoms with Gasteiger partial charge in [0, 0.05) is 12.8 Å². The predicted octanol–water partition coefficient (Wildman–Crippen LogP) is 25.1. The topological polar surface area (TPSA) is 95.9 Å². The van der Waals surface area contributed by atoms with Crippen LogP contribution in [0.5, 0.6) is 0 Å². The van der Waals surface area contributed by atoms with Crippen LogP contribution in [0.4, 0.5) is 0 Å². The van der Waals surface area contributed by atoms with Gasteiger partial charge in [0.2, 0.25) is 5.91 Å². The van der Waals surface area contributed by atoms with Crippen LogP contribution in [0.15, 0.2) is 12.2 Å². The van der Waals surface area contributed by atoms with E-state index >= 15 is 0 Å². The van der Waals surface area contributed by atoms with Crippen LogP contribution in [-0.4, -0.2) is 47.4 Å². The third kappa shape index (κ3) is 69.6. The van der Waals surface area contributed by atoms with E-state index in [0.717, 1.165) is 44.9 Å². The molecule has 2 unspecified atom stereocenters. The predicted molar refractivity (Wildman–Crippen MR) is 366 cm³/mol. The summed E-state index contributed by atoms with van der Waals surface area (Å²) in [7, 11) is 0. The number of carbonyl (C=O) groups is 2. The minimum absolute atomic E-state index is 0.0169. The van der Waals surface area contributed by atoms with E-state index in [-0.39, 0.29) is 18.5 Å². The molecule has 494 valence electrons. The third-order valence-corrected chi connectivity index (χ3v) is 18.3. The van der Waals surface area contributed by atoms with Crippen molar-refractivity contribution in [2.45, 2.75) is 456 Å². The molecule has 0 aromatic rings. The van der Waals surface area contributed by atoms with Gasteiger partial charge in [0.1, 0.15) is 0 Å². The van der Waals surface area contributed by atoms with Crippen molar-refractivity contribution in [1.29, 1.82) is 0 Å². The average Bonchev–Trinajstić information content (AvgIpc) is 3.49. The summed E-state index contributed by atoms with van der Waals surface area (Å²) in [6, 6.07) is -0.535. The molecule has 0 rings (SSSR count). The number of carbonyl (C=O) groups excluding carboxylic acids is 2. The van der Waals surface area contributed by atoms with Gasteiger partial charge in [-0.15, -0.1) is 0 Å². The Labute approximate surface area is 520 Å². The first kappa shape index (κ1) is 81.6. The Morgan fingerprint density at radius 2 is 0.566 bits per heavy atom. The quantitative estimate of drug-likeness (QED) is 0.0320. The summed E-state index contributed by atoms with van der Waals surface area (Å²) >= 11 is 0. The van der Waals surface area contributed by atoms with Gasteiger partial charge in [-0.05, 0) is 51.4 Å². The number of hydrogen-bond donors (Lipinski definition) is 3. The second kappa shape index (κ2) is 73.1. The van der Waals surface area contributed by atoms with Crippen molar-refractivity contribution >= 4 is 11.9 Å². The van der Waals surface area contributed by atoms with Crippen LogP contribution < -0.4 is 5.32 Å². The number of aliphatic hydroxyl groups excluding tert-OH is 2. The van der Waals surface area contributed by atoms with E-state index in [4.69, 9.17) is 4.74 Å². The average molecular weight is 1170 g/mol. The zero-order chi connectivity index (χ0) is 59.9. The summed E-state index contributed by atoms with van der Waals surface area (Å²) in [4.78, 5) is 24.6. The van der Waals surface area contributed by atoms with E-state index in [1.54, 1.807) is 0 Å². The fourth-order valence-corrected chi connectivity index (χ4v) is 12.5. The van der Waals surface area contributed by atoms with Gasteiger partial charge in [-0.1, -0.05) is 392 Å². The maximum Gasteiger partial charge on any atom is 0.305 e. The number of esters is 1. The van der Waals surface area contributed by atoms with Crippen molar-refractivity contribution in [2.75, 3.05) is 13.2 Å². The van der Waals surface area contributed by atoms with Crippen LogP contribution in [-0.2, 0) is 14.3 Å². The lowest BCUT2D eigenvalue weighted by molar-refractivity contribution is -0.143. The number of amides is 1. The first-order chi connectivity index (χ1) is 41.0. The summed E-state index contributed by atoms with van der Waals surface area (Å²) in [6.45, 7) is 4.99. The highest BCUT2D eigenvalue weighted by atomic mass is 16.5. The van der Waals surface area contributed by atoms with Crippen LogP contribution in [0.3, 0.4) is 0 Å². The maximum atomic E-state index is 12.5. The van der Waals surface area contributed by atoms with Gasteiger partial charge in [-0.2, -0.15) is 0 Å². The monoisotopic (exact) mass is 1170 g/mol. The molecule has 6 nitrogen and oxygen atoms in total. The van der Waals surface area contributed by atoms with E-state index in [2.05, 4.69) is 31.3 Å². The lowest BCUT2D eigenvalue weighted by atomic mass is 10.0. The van der Waals surface area contributed by atoms with E-state index in [0.29, 0.717) is 25.9 Å². The zero-order valence-electron chi connectivity index (χ0n) is 56.7. The van der Waals surface area contributed by atoms with E-state index in [1.807, 2.05) is 0 Å². The molecule has 0 fully saturated rings. The van der Waals surface area contributed by atoms with E-state index in [1.165, 1.54) is 366 Å². The normalized spacial score (nSPS) is 12.5. The SMILES string of the molecule is CCCCCCCCC/C=C\CCCCCCCC(=O)OCCCCCCCCCCCCCCCCCCCCCCCCCCCCCCCCCCCCCCCC(=O)NC(CO)C(O)CCCCCCCCCCCCCCC. The van der Waals surface area contributed by atoms with Crippen LogP contribution in [0.1, 0.15) is 444 Å². The third-order valence-electron chi connectivity index (χ3n) is 18.3. The van der Waals surface area contributed by atoms with Gasteiger partial charge >= 0.3 is 5.97 Å². The van der Waals surface area contributed by atoms with Crippen LogP contribution >= 0.6 is 0 Å². The van der Waals surface area contributed by atoms with Gasteiger partial charge in [-0.25, -0.2) is 0 Å². The molecule has 0 aliphatic heterocycles. The minimum atomic E-state index is -0.659. The van der Waals surface area contributed by atoms with Crippen LogP contribution in [0.2, 0.25) is 0 Å². The maximum absolute atomic E-state index is 12.5. The molecule has 0 aliphatic carbocycles. The Hall–Kier alpha value is -1.40. The number of hydrogen-bond acceptors (Lipinski definition) is 5. The first-order valence-electron chi connectivity index (χ1n) is 38.4. The minimum Gasteiger partial charge on any atom is -0.466 e. The van der Waals surface area contributed by atoms with Crippen molar-refractivity contribution in [3.05, 3.63) is 12.2 Å². The molecular formula is C77H151NO5. The Balaban J connectivity index is 3.28. The zero-order valence-corrected chi connectivity index (χ0v) is 56.7. The highest BCUT2D eigenvalue weighted by molar-refractivity contribution is 5.76. The Bertz CT molecular complexity index is 1260. The lowest BCUT2D eigenvalue weighted by Gasteiger charge is -2.22. The fraction of sp³-hybridized carbons (Fsp3) is 0.948. The van der Waals surface area contributed by atoms with E-state index in [9.17, 15) is 19.8 Å². The van der Waals surface area contributed by atoms with Crippen molar-refractivity contribution in [3.8, 4) is 0 Å². The standard InChI is InChI=1S/C77H151NO5/c1-3-5-7-9-11-13-15-17-18-43-47-51-55-59-63-67-71-77(82)83-72-68-64-60-56-52-48-44-41-39-37-35-33-31-29-27-25-23-21-19-20-22-24-26-28-30-32-34-36-38-40-42-46-50-54-58-62-66-70-76(81)78-74(73-79)75(80)69-65-61-57-53-49-45-16-14-12-10-8-6-4-2/h18,43,74-75,79-80H,3-17,19-42,44-73H2,1-2H3,(H,78,81)/b43-18-. The molecule has 6 heteroatoms. The number of unbranched alkanes of at least 4 members (excludes halogenated alkanes) is 60. The fourth-order valence-electron chi connectivity index (χ4n) is 12.5. The highest BCUT2D eigenvalue weighted by Crippen LogP contribution is 2.20. The second-order valence-corrected chi connectivity index (χ2v) is 26.7.